The average Bonchev–Trinajstić information content (AvgIpc) is 2.50. The first kappa shape index (κ1) is 8.37. The molecule has 4 nitrogen and oxygen atoms in total. The Labute approximate surface area is 66.2 Å². The lowest BCUT2D eigenvalue weighted by Crippen LogP contribution is -2.04. The minimum atomic E-state index is 0.434. The van der Waals surface area contributed by atoms with Crippen LogP contribution in [0.3, 0.4) is 0 Å². The Kier molecular flexibility index (Phi) is 3.80. The van der Waals surface area contributed by atoms with E-state index in [0.29, 0.717) is 12.6 Å². The third-order valence-electron chi connectivity index (χ3n) is 1.87. The van der Waals surface area contributed by atoms with Crippen molar-refractivity contribution in [1.82, 2.24) is 0 Å². The monoisotopic (exact) mass is 155 g/mol. The fourth-order valence-corrected chi connectivity index (χ4v) is 1.31. The number of hydrogen-bond donors (Lipinski definition) is 0. The maximum Gasteiger partial charge on any atom is 0.0576 e. The smallest absolute Gasteiger partial charge is 0.0576 e. The Hall–Kier alpha value is -0.730. The first-order chi connectivity index (χ1) is 5.43. The van der Waals surface area contributed by atoms with Crippen molar-refractivity contribution in [3.8, 4) is 0 Å². The van der Waals surface area contributed by atoms with Gasteiger partial charge in [-0.3, -0.25) is 0 Å². The van der Waals surface area contributed by atoms with E-state index in [1.165, 1.54) is 12.8 Å². The Morgan fingerprint density at radius 1 is 1.64 bits per heavy atom. The lowest BCUT2D eigenvalue weighted by atomic mass is 10.1. The van der Waals surface area contributed by atoms with Gasteiger partial charge in [0.2, 0.25) is 0 Å². The summed E-state index contributed by atoms with van der Waals surface area (Å²) in [7, 11) is 0. The number of hydrogen-bond acceptors (Lipinski definition) is 2. The third kappa shape index (κ3) is 3.25. The van der Waals surface area contributed by atoms with E-state index in [0.717, 1.165) is 19.4 Å². The van der Waals surface area contributed by atoms with E-state index in [2.05, 4.69) is 10.0 Å². The standard InChI is InChI=1S/C7H13N3O/c8-10-9-5-1-3-7-4-2-6-11-7/h7H,1-6H2. The molecule has 1 aliphatic heterocycles. The van der Waals surface area contributed by atoms with Crippen LogP contribution in [0.15, 0.2) is 5.11 Å². The zero-order valence-electron chi connectivity index (χ0n) is 6.57. The summed E-state index contributed by atoms with van der Waals surface area (Å²) in [5.41, 5.74) is 7.99. The predicted octanol–water partition coefficient (Wildman–Crippen LogP) is 2.26. The van der Waals surface area contributed by atoms with Gasteiger partial charge in [-0.2, -0.15) is 0 Å². The number of rotatable bonds is 4. The van der Waals surface area contributed by atoms with E-state index >= 15 is 0 Å². The molecule has 0 bridgehead atoms. The SMILES string of the molecule is [N-]=[N+]=NCCCC1CCCO1. The summed E-state index contributed by atoms with van der Waals surface area (Å²) >= 11 is 0. The summed E-state index contributed by atoms with van der Waals surface area (Å²) in [5.74, 6) is 0. The van der Waals surface area contributed by atoms with Crippen molar-refractivity contribution >= 4 is 0 Å². The van der Waals surface area contributed by atoms with Crippen LogP contribution in [0.2, 0.25) is 0 Å². The van der Waals surface area contributed by atoms with E-state index < -0.39 is 0 Å². The first-order valence-electron chi connectivity index (χ1n) is 4.06. The largest absolute Gasteiger partial charge is 0.378 e. The molecule has 0 spiro atoms. The molecule has 0 saturated carbocycles. The van der Waals surface area contributed by atoms with Gasteiger partial charge in [0.15, 0.2) is 0 Å². The molecule has 0 amide bonds. The molecule has 11 heavy (non-hydrogen) atoms. The van der Waals surface area contributed by atoms with Crippen molar-refractivity contribution in [1.29, 1.82) is 0 Å². The Bertz CT molecular complexity index is 148. The third-order valence-corrected chi connectivity index (χ3v) is 1.87. The highest BCUT2D eigenvalue weighted by molar-refractivity contribution is 4.65. The molecule has 0 aliphatic carbocycles. The summed E-state index contributed by atoms with van der Waals surface area (Å²) in [4.78, 5) is 2.68. The average molecular weight is 155 g/mol. The highest BCUT2D eigenvalue weighted by Gasteiger charge is 2.13. The zero-order chi connectivity index (χ0) is 7.94. The van der Waals surface area contributed by atoms with Crippen molar-refractivity contribution in [3.05, 3.63) is 10.4 Å². The van der Waals surface area contributed by atoms with Crippen molar-refractivity contribution < 1.29 is 4.74 Å². The molecule has 0 aromatic rings. The molecule has 1 aliphatic rings. The van der Waals surface area contributed by atoms with Crippen LogP contribution in [-0.2, 0) is 4.74 Å². The molecule has 0 aromatic heterocycles. The second-order valence-corrected chi connectivity index (χ2v) is 2.73. The van der Waals surface area contributed by atoms with Gasteiger partial charge in [0, 0.05) is 18.1 Å². The summed E-state index contributed by atoms with van der Waals surface area (Å²) < 4.78 is 5.40. The van der Waals surface area contributed by atoms with Gasteiger partial charge in [-0.05, 0) is 31.2 Å². The van der Waals surface area contributed by atoms with Gasteiger partial charge >= 0.3 is 0 Å². The molecule has 1 rings (SSSR count). The minimum absolute atomic E-state index is 0.434. The predicted molar refractivity (Wildman–Crippen MR) is 42.2 cm³/mol. The Morgan fingerprint density at radius 2 is 2.55 bits per heavy atom. The highest BCUT2D eigenvalue weighted by Crippen LogP contribution is 2.16. The van der Waals surface area contributed by atoms with Gasteiger partial charge < -0.3 is 4.74 Å². The summed E-state index contributed by atoms with van der Waals surface area (Å²) in [5, 5.41) is 3.46. The first-order valence-corrected chi connectivity index (χ1v) is 4.06. The molecule has 4 heteroatoms. The molecule has 1 fully saturated rings. The van der Waals surface area contributed by atoms with Gasteiger partial charge in [-0.15, -0.1) is 0 Å². The van der Waals surface area contributed by atoms with Crippen LogP contribution in [0.25, 0.3) is 10.4 Å². The normalized spacial score (nSPS) is 23.1. The topological polar surface area (TPSA) is 58.0 Å². The summed E-state index contributed by atoms with van der Waals surface area (Å²) in [6.45, 7) is 1.52. The Morgan fingerprint density at radius 3 is 3.18 bits per heavy atom. The number of azide groups is 1. The van der Waals surface area contributed by atoms with Crippen LogP contribution >= 0.6 is 0 Å². The molecular formula is C7H13N3O. The van der Waals surface area contributed by atoms with E-state index in [9.17, 15) is 0 Å². The van der Waals surface area contributed by atoms with Crippen molar-refractivity contribution in [2.24, 2.45) is 5.11 Å². The summed E-state index contributed by atoms with van der Waals surface area (Å²) in [6, 6.07) is 0. The van der Waals surface area contributed by atoms with Gasteiger partial charge in [0.25, 0.3) is 0 Å². The molecule has 0 radical (unpaired) electrons. The van der Waals surface area contributed by atoms with Crippen molar-refractivity contribution in [2.75, 3.05) is 13.2 Å². The fraction of sp³-hybridized carbons (Fsp3) is 1.00. The van der Waals surface area contributed by atoms with Crippen LogP contribution in [0.1, 0.15) is 25.7 Å². The van der Waals surface area contributed by atoms with Gasteiger partial charge in [-0.1, -0.05) is 5.11 Å². The van der Waals surface area contributed by atoms with Gasteiger partial charge in [0.05, 0.1) is 6.10 Å². The molecule has 0 aromatic carbocycles. The second-order valence-electron chi connectivity index (χ2n) is 2.73. The highest BCUT2D eigenvalue weighted by atomic mass is 16.5. The molecular weight excluding hydrogens is 142 g/mol. The lowest BCUT2D eigenvalue weighted by Gasteiger charge is -2.06. The quantitative estimate of drug-likeness (QED) is 0.266. The Balaban J connectivity index is 1.97. The van der Waals surface area contributed by atoms with E-state index in [1.807, 2.05) is 0 Å². The van der Waals surface area contributed by atoms with E-state index in [1.54, 1.807) is 0 Å². The van der Waals surface area contributed by atoms with Crippen molar-refractivity contribution in [3.63, 3.8) is 0 Å². The second kappa shape index (κ2) is 4.99. The molecule has 1 saturated heterocycles. The molecule has 1 heterocycles. The molecule has 1 atom stereocenters. The minimum Gasteiger partial charge on any atom is -0.378 e. The van der Waals surface area contributed by atoms with Crippen molar-refractivity contribution in [2.45, 2.75) is 31.8 Å². The van der Waals surface area contributed by atoms with Crippen LogP contribution in [-0.4, -0.2) is 19.3 Å². The molecule has 1 unspecified atom stereocenters. The van der Waals surface area contributed by atoms with Crippen LogP contribution < -0.4 is 0 Å². The van der Waals surface area contributed by atoms with Gasteiger partial charge in [-0.25, -0.2) is 0 Å². The van der Waals surface area contributed by atoms with Gasteiger partial charge in [0.1, 0.15) is 0 Å². The maximum absolute atomic E-state index is 7.99. The van der Waals surface area contributed by atoms with E-state index in [4.69, 9.17) is 10.3 Å². The van der Waals surface area contributed by atoms with Crippen LogP contribution in [0, 0.1) is 0 Å². The summed E-state index contributed by atoms with van der Waals surface area (Å²) in [6.07, 6.45) is 4.79. The zero-order valence-corrected chi connectivity index (χ0v) is 6.57. The van der Waals surface area contributed by atoms with Crippen LogP contribution in [0.4, 0.5) is 0 Å². The lowest BCUT2D eigenvalue weighted by molar-refractivity contribution is 0.103. The molecule has 62 valence electrons. The van der Waals surface area contributed by atoms with Crippen LogP contribution in [0.5, 0.6) is 0 Å². The molecule has 0 N–H and O–H groups in total. The van der Waals surface area contributed by atoms with E-state index in [-0.39, 0.29) is 0 Å². The number of nitrogens with zero attached hydrogens (tertiary/aromatic N) is 3. The fourth-order valence-electron chi connectivity index (χ4n) is 1.31. The maximum atomic E-state index is 7.99. The number of ether oxygens (including phenoxy) is 1.